The number of likely N-dealkylation sites (N-methyl/N-ethyl adjacent to an activating group) is 1. The lowest BCUT2D eigenvalue weighted by Crippen LogP contribution is -2.42. The molecule has 0 bridgehead atoms. The molecule has 0 amide bonds. The summed E-state index contributed by atoms with van der Waals surface area (Å²) in [7, 11) is 4.38. The van der Waals surface area contributed by atoms with Crippen LogP contribution in [0.3, 0.4) is 0 Å². The predicted molar refractivity (Wildman–Crippen MR) is 77.9 cm³/mol. The van der Waals surface area contributed by atoms with Gasteiger partial charge in [0.15, 0.2) is 0 Å². The minimum Gasteiger partial charge on any atom is -0.317 e. The van der Waals surface area contributed by atoms with Gasteiger partial charge in [-0.3, -0.25) is 0 Å². The van der Waals surface area contributed by atoms with Crippen LogP contribution in [0.25, 0.3) is 0 Å². The van der Waals surface area contributed by atoms with E-state index in [1.54, 1.807) is 0 Å². The molecule has 0 aromatic heterocycles. The minimum absolute atomic E-state index is 0.725. The zero-order chi connectivity index (χ0) is 12.8. The van der Waals surface area contributed by atoms with Crippen molar-refractivity contribution >= 4 is 0 Å². The van der Waals surface area contributed by atoms with Gasteiger partial charge in [0.1, 0.15) is 0 Å². The quantitative estimate of drug-likeness (QED) is 0.859. The van der Waals surface area contributed by atoms with E-state index >= 15 is 0 Å². The van der Waals surface area contributed by atoms with Gasteiger partial charge in [0.2, 0.25) is 0 Å². The van der Waals surface area contributed by atoms with Crippen molar-refractivity contribution in [2.45, 2.75) is 44.2 Å². The maximum absolute atomic E-state index is 3.44. The standard InChI is InChI=1S/C16H26N2/c1-17-15-9-6-10-16(13-15)18(2)12-11-14-7-4-3-5-8-14/h3-5,7-8,15-17H,6,9-13H2,1-2H3. The van der Waals surface area contributed by atoms with E-state index in [1.165, 1.54) is 37.8 Å². The van der Waals surface area contributed by atoms with Crippen LogP contribution in [0.1, 0.15) is 31.2 Å². The van der Waals surface area contributed by atoms with E-state index in [1.807, 2.05) is 0 Å². The third-order valence-corrected chi connectivity index (χ3v) is 4.27. The van der Waals surface area contributed by atoms with Crippen LogP contribution in [0.4, 0.5) is 0 Å². The molecule has 1 fully saturated rings. The highest BCUT2D eigenvalue weighted by molar-refractivity contribution is 5.14. The molecule has 1 saturated carbocycles. The Balaban J connectivity index is 1.79. The van der Waals surface area contributed by atoms with Crippen LogP contribution >= 0.6 is 0 Å². The van der Waals surface area contributed by atoms with Crippen molar-refractivity contribution in [3.05, 3.63) is 35.9 Å². The lowest BCUT2D eigenvalue weighted by Gasteiger charge is -2.35. The SMILES string of the molecule is CNC1CCCC(N(C)CCc2ccccc2)C1. The van der Waals surface area contributed by atoms with Crippen molar-refractivity contribution in [1.29, 1.82) is 0 Å². The molecule has 1 aliphatic carbocycles. The molecular weight excluding hydrogens is 220 g/mol. The zero-order valence-corrected chi connectivity index (χ0v) is 11.7. The van der Waals surface area contributed by atoms with Crippen LogP contribution < -0.4 is 5.32 Å². The second-order valence-electron chi connectivity index (χ2n) is 5.52. The molecular formula is C16H26N2. The topological polar surface area (TPSA) is 15.3 Å². The molecule has 0 aliphatic heterocycles. The lowest BCUT2D eigenvalue weighted by molar-refractivity contribution is 0.173. The molecule has 2 unspecified atom stereocenters. The summed E-state index contributed by atoms with van der Waals surface area (Å²) in [5, 5.41) is 3.44. The van der Waals surface area contributed by atoms with Crippen LogP contribution in [0.2, 0.25) is 0 Å². The fourth-order valence-corrected chi connectivity index (χ4v) is 2.96. The second kappa shape index (κ2) is 6.91. The first-order valence-corrected chi connectivity index (χ1v) is 7.21. The van der Waals surface area contributed by atoms with E-state index in [2.05, 4.69) is 54.6 Å². The molecule has 1 N–H and O–H groups in total. The first-order chi connectivity index (χ1) is 8.79. The molecule has 1 aliphatic rings. The first-order valence-electron chi connectivity index (χ1n) is 7.21. The van der Waals surface area contributed by atoms with E-state index in [0.717, 1.165) is 18.5 Å². The molecule has 2 rings (SSSR count). The van der Waals surface area contributed by atoms with Gasteiger partial charge in [-0.2, -0.15) is 0 Å². The van der Waals surface area contributed by atoms with Gasteiger partial charge in [0, 0.05) is 18.6 Å². The minimum atomic E-state index is 0.725. The molecule has 0 spiro atoms. The van der Waals surface area contributed by atoms with Crippen LogP contribution in [0, 0.1) is 0 Å². The first kappa shape index (κ1) is 13.6. The van der Waals surface area contributed by atoms with Gasteiger partial charge in [0.25, 0.3) is 0 Å². The fraction of sp³-hybridized carbons (Fsp3) is 0.625. The highest BCUT2D eigenvalue weighted by atomic mass is 15.1. The van der Waals surface area contributed by atoms with Gasteiger partial charge in [-0.1, -0.05) is 36.8 Å². The van der Waals surface area contributed by atoms with Crippen molar-refractivity contribution in [3.63, 3.8) is 0 Å². The smallest absolute Gasteiger partial charge is 0.0107 e. The van der Waals surface area contributed by atoms with Gasteiger partial charge in [-0.05, 0) is 45.3 Å². The number of nitrogens with one attached hydrogen (secondary N) is 1. The summed E-state index contributed by atoms with van der Waals surface area (Å²) in [5.74, 6) is 0. The molecule has 1 aromatic rings. The van der Waals surface area contributed by atoms with Crippen LogP contribution in [-0.2, 0) is 6.42 Å². The van der Waals surface area contributed by atoms with Crippen LogP contribution in [0.5, 0.6) is 0 Å². The molecule has 100 valence electrons. The maximum atomic E-state index is 3.44. The number of nitrogens with zero attached hydrogens (tertiary/aromatic N) is 1. The summed E-state index contributed by atoms with van der Waals surface area (Å²) in [6.07, 6.45) is 6.55. The summed E-state index contributed by atoms with van der Waals surface area (Å²) in [6.45, 7) is 1.17. The fourth-order valence-electron chi connectivity index (χ4n) is 2.96. The molecule has 0 radical (unpaired) electrons. The van der Waals surface area contributed by atoms with Gasteiger partial charge in [0.05, 0.1) is 0 Å². The molecule has 0 saturated heterocycles. The number of hydrogen-bond donors (Lipinski definition) is 1. The second-order valence-corrected chi connectivity index (χ2v) is 5.52. The Hall–Kier alpha value is -0.860. The molecule has 18 heavy (non-hydrogen) atoms. The Labute approximate surface area is 111 Å². The molecule has 0 heterocycles. The van der Waals surface area contributed by atoms with Gasteiger partial charge in [-0.25, -0.2) is 0 Å². The van der Waals surface area contributed by atoms with Gasteiger partial charge >= 0.3 is 0 Å². The third-order valence-electron chi connectivity index (χ3n) is 4.27. The Bertz CT molecular complexity index is 336. The number of hydrogen-bond acceptors (Lipinski definition) is 2. The average molecular weight is 246 g/mol. The maximum Gasteiger partial charge on any atom is 0.0107 e. The van der Waals surface area contributed by atoms with Crippen molar-refractivity contribution in [2.75, 3.05) is 20.6 Å². The Kier molecular flexibility index (Phi) is 5.21. The number of benzene rings is 1. The highest BCUT2D eigenvalue weighted by Gasteiger charge is 2.23. The lowest BCUT2D eigenvalue weighted by atomic mass is 9.90. The molecule has 2 atom stereocenters. The number of rotatable bonds is 5. The zero-order valence-electron chi connectivity index (χ0n) is 11.7. The van der Waals surface area contributed by atoms with Crippen molar-refractivity contribution in [3.8, 4) is 0 Å². The van der Waals surface area contributed by atoms with E-state index in [-0.39, 0.29) is 0 Å². The summed E-state index contributed by atoms with van der Waals surface area (Å²) in [5.41, 5.74) is 1.45. The van der Waals surface area contributed by atoms with E-state index in [4.69, 9.17) is 0 Å². The predicted octanol–water partition coefficient (Wildman–Crippen LogP) is 2.69. The molecule has 2 nitrogen and oxygen atoms in total. The van der Waals surface area contributed by atoms with Crippen molar-refractivity contribution in [1.82, 2.24) is 10.2 Å². The van der Waals surface area contributed by atoms with Gasteiger partial charge in [-0.15, -0.1) is 0 Å². The summed E-state index contributed by atoms with van der Waals surface area (Å²) < 4.78 is 0. The normalized spacial score (nSPS) is 24.4. The third kappa shape index (κ3) is 3.82. The Morgan fingerprint density at radius 3 is 2.72 bits per heavy atom. The van der Waals surface area contributed by atoms with Gasteiger partial charge < -0.3 is 10.2 Å². The van der Waals surface area contributed by atoms with Crippen molar-refractivity contribution < 1.29 is 0 Å². The van der Waals surface area contributed by atoms with E-state index in [0.29, 0.717) is 0 Å². The Morgan fingerprint density at radius 1 is 1.22 bits per heavy atom. The average Bonchev–Trinajstić information content (AvgIpc) is 2.46. The monoisotopic (exact) mass is 246 g/mol. The van der Waals surface area contributed by atoms with E-state index in [9.17, 15) is 0 Å². The Morgan fingerprint density at radius 2 is 2.00 bits per heavy atom. The van der Waals surface area contributed by atoms with E-state index < -0.39 is 0 Å². The van der Waals surface area contributed by atoms with Crippen LogP contribution in [0.15, 0.2) is 30.3 Å². The largest absolute Gasteiger partial charge is 0.317 e. The summed E-state index contributed by atoms with van der Waals surface area (Å²) >= 11 is 0. The summed E-state index contributed by atoms with van der Waals surface area (Å²) in [4.78, 5) is 2.55. The molecule has 1 aromatic carbocycles. The van der Waals surface area contributed by atoms with Crippen molar-refractivity contribution in [2.24, 2.45) is 0 Å². The van der Waals surface area contributed by atoms with Crippen LogP contribution in [-0.4, -0.2) is 37.6 Å². The highest BCUT2D eigenvalue weighted by Crippen LogP contribution is 2.22. The molecule has 2 heteroatoms. The summed E-state index contributed by atoms with van der Waals surface area (Å²) in [6, 6.07) is 12.3.